The number of amides is 1. The molecule has 2 aliphatic heterocycles. The van der Waals surface area contributed by atoms with Gasteiger partial charge in [0, 0.05) is 62.6 Å². The average Bonchev–Trinajstić information content (AvgIpc) is 2.80. The molecular weight excluding hydrogens is 384 g/mol. The minimum absolute atomic E-state index is 0.0442. The molecule has 0 radical (unpaired) electrons. The Morgan fingerprint density at radius 2 is 1.68 bits per heavy atom. The Balaban J connectivity index is 1.28. The predicted molar refractivity (Wildman–Crippen MR) is 128 cm³/mol. The zero-order chi connectivity index (χ0) is 21.6. The third kappa shape index (κ3) is 5.86. The maximum absolute atomic E-state index is 12.8. The van der Waals surface area contributed by atoms with E-state index in [-0.39, 0.29) is 11.9 Å². The fourth-order valence-electron chi connectivity index (χ4n) is 4.75. The summed E-state index contributed by atoms with van der Waals surface area (Å²) in [5, 5.41) is 3.27. The van der Waals surface area contributed by atoms with E-state index in [2.05, 4.69) is 76.3 Å². The van der Waals surface area contributed by atoms with Crippen molar-refractivity contribution >= 4 is 11.6 Å². The van der Waals surface area contributed by atoms with E-state index in [1.165, 1.54) is 11.3 Å². The maximum atomic E-state index is 12.8. The van der Waals surface area contributed by atoms with Crippen LogP contribution in [0.2, 0.25) is 0 Å². The topological polar surface area (TPSA) is 38.8 Å². The number of rotatable bonds is 6. The van der Waals surface area contributed by atoms with Crippen LogP contribution >= 0.6 is 0 Å². The third-order valence-corrected chi connectivity index (χ3v) is 6.63. The molecule has 5 nitrogen and oxygen atoms in total. The molecule has 1 amide bonds. The fraction of sp³-hybridized carbons (Fsp3) is 0.500. The molecule has 2 aromatic rings. The lowest BCUT2D eigenvalue weighted by molar-refractivity contribution is 0.0901. The molecule has 166 valence electrons. The van der Waals surface area contributed by atoms with Gasteiger partial charge < -0.3 is 10.2 Å². The maximum Gasteiger partial charge on any atom is 0.251 e. The van der Waals surface area contributed by atoms with E-state index in [1.807, 2.05) is 12.1 Å². The van der Waals surface area contributed by atoms with E-state index in [0.29, 0.717) is 6.04 Å². The standard InChI is InChI=1S/C26H36N4O/c1-21(2)29-15-17-30(18-16-29)25-12-10-23(11-13-25)26(31)27-24-9-6-14-28(20-24)19-22-7-4-3-5-8-22/h3-5,7-8,10-13,21,24H,6,9,14-20H2,1-2H3,(H,27,31). The van der Waals surface area contributed by atoms with E-state index in [1.54, 1.807) is 0 Å². The molecule has 0 bridgehead atoms. The van der Waals surface area contributed by atoms with E-state index in [4.69, 9.17) is 0 Å². The van der Waals surface area contributed by atoms with Gasteiger partial charge in [0.05, 0.1) is 0 Å². The zero-order valence-electron chi connectivity index (χ0n) is 19.0. The molecule has 0 spiro atoms. The van der Waals surface area contributed by atoms with Gasteiger partial charge >= 0.3 is 0 Å². The van der Waals surface area contributed by atoms with Crippen molar-refractivity contribution in [3.8, 4) is 0 Å². The number of likely N-dealkylation sites (tertiary alicyclic amines) is 1. The molecule has 1 unspecified atom stereocenters. The summed E-state index contributed by atoms with van der Waals surface area (Å²) >= 11 is 0. The van der Waals surface area contributed by atoms with Gasteiger partial charge in [0.2, 0.25) is 0 Å². The highest BCUT2D eigenvalue weighted by atomic mass is 16.1. The van der Waals surface area contributed by atoms with Crippen LogP contribution < -0.4 is 10.2 Å². The minimum atomic E-state index is 0.0442. The van der Waals surface area contributed by atoms with Crippen LogP contribution in [0.5, 0.6) is 0 Å². The normalized spacial score (nSPS) is 20.7. The number of nitrogens with zero attached hydrogens (tertiary/aromatic N) is 3. The van der Waals surface area contributed by atoms with Crippen molar-refractivity contribution in [2.75, 3.05) is 44.2 Å². The first-order valence-corrected chi connectivity index (χ1v) is 11.7. The molecule has 2 aliphatic rings. The largest absolute Gasteiger partial charge is 0.369 e. The molecule has 1 N–H and O–H groups in total. The zero-order valence-corrected chi connectivity index (χ0v) is 19.0. The highest BCUT2D eigenvalue weighted by Gasteiger charge is 2.23. The van der Waals surface area contributed by atoms with Crippen LogP contribution in [0.15, 0.2) is 54.6 Å². The summed E-state index contributed by atoms with van der Waals surface area (Å²) in [6, 6.07) is 19.6. The summed E-state index contributed by atoms with van der Waals surface area (Å²) in [5.41, 5.74) is 3.30. The number of piperazine rings is 1. The van der Waals surface area contributed by atoms with Gasteiger partial charge in [0.1, 0.15) is 0 Å². The van der Waals surface area contributed by atoms with Crippen LogP contribution in [0.25, 0.3) is 0 Å². The second-order valence-corrected chi connectivity index (χ2v) is 9.20. The Hall–Kier alpha value is -2.37. The molecule has 0 aromatic heterocycles. The van der Waals surface area contributed by atoms with Gasteiger partial charge in [0.25, 0.3) is 5.91 Å². The lowest BCUT2D eigenvalue weighted by atomic mass is 10.0. The smallest absolute Gasteiger partial charge is 0.251 e. The van der Waals surface area contributed by atoms with Crippen LogP contribution in [0.1, 0.15) is 42.6 Å². The van der Waals surface area contributed by atoms with Gasteiger partial charge in [0.15, 0.2) is 0 Å². The highest BCUT2D eigenvalue weighted by Crippen LogP contribution is 2.19. The van der Waals surface area contributed by atoms with Crippen molar-refractivity contribution in [1.29, 1.82) is 0 Å². The molecular formula is C26H36N4O. The molecule has 0 aliphatic carbocycles. The van der Waals surface area contributed by atoms with E-state index >= 15 is 0 Å². The van der Waals surface area contributed by atoms with Crippen molar-refractivity contribution in [2.24, 2.45) is 0 Å². The minimum Gasteiger partial charge on any atom is -0.369 e. The quantitative estimate of drug-likeness (QED) is 0.775. The second-order valence-electron chi connectivity index (χ2n) is 9.20. The summed E-state index contributed by atoms with van der Waals surface area (Å²) in [6.45, 7) is 11.8. The SMILES string of the molecule is CC(C)N1CCN(c2ccc(C(=O)NC3CCCN(Cc4ccccc4)C3)cc2)CC1. The lowest BCUT2D eigenvalue weighted by Crippen LogP contribution is -2.49. The van der Waals surface area contributed by atoms with E-state index < -0.39 is 0 Å². The van der Waals surface area contributed by atoms with Crippen molar-refractivity contribution in [2.45, 2.75) is 45.3 Å². The Morgan fingerprint density at radius 1 is 0.968 bits per heavy atom. The first-order chi connectivity index (χ1) is 15.1. The summed E-state index contributed by atoms with van der Waals surface area (Å²) in [7, 11) is 0. The van der Waals surface area contributed by atoms with Gasteiger partial charge in [-0.25, -0.2) is 0 Å². The van der Waals surface area contributed by atoms with Gasteiger partial charge in [-0.15, -0.1) is 0 Å². The number of hydrogen-bond acceptors (Lipinski definition) is 4. The summed E-state index contributed by atoms with van der Waals surface area (Å²) in [4.78, 5) is 20.2. The van der Waals surface area contributed by atoms with Crippen molar-refractivity contribution < 1.29 is 4.79 Å². The highest BCUT2D eigenvalue weighted by molar-refractivity contribution is 5.94. The predicted octanol–water partition coefficient (Wildman–Crippen LogP) is 3.61. The number of carbonyl (C=O) groups is 1. The number of benzene rings is 2. The lowest BCUT2D eigenvalue weighted by Gasteiger charge is -2.38. The summed E-state index contributed by atoms with van der Waals surface area (Å²) < 4.78 is 0. The van der Waals surface area contributed by atoms with Crippen LogP contribution in [0.3, 0.4) is 0 Å². The molecule has 2 saturated heterocycles. The summed E-state index contributed by atoms with van der Waals surface area (Å²) in [6.07, 6.45) is 2.17. The number of anilines is 1. The Kier molecular flexibility index (Phi) is 7.25. The van der Waals surface area contributed by atoms with Crippen LogP contribution in [-0.4, -0.2) is 67.1 Å². The van der Waals surface area contributed by atoms with Crippen molar-refractivity contribution in [1.82, 2.24) is 15.1 Å². The van der Waals surface area contributed by atoms with Crippen molar-refractivity contribution in [3.05, 3.63) is 65.7 Å². The number of piperidine rings is 1. The molecule has 1 atom stereocenters. The average molecular weight is 421 g/mol. The van der Waals surface area contributed by atoms with Crippen LogP contribution in [0, 0.1) is 0 Å². The molecule has 5 heteroatoms. The first kappa shape index (κ1) is 21.8. The fourth-order valence-corrected chi connectivity index (χ4v) is 4.75. The number of hydrogen-bond donors (Lipinski definition) is 1. The van der Waals surface area contributed by atoms with Gasteiger partial charge in [-0.05, 0) is 63.1 Å². The van der Waals surface area contributed by atoms with Crippen LogP contribution in [0.4, 0.5) is 5.69 Å². The number of carbonyl (C=O) groups excluding carboxylic acids is 1. The molecule has 31 heavy (non-hydrogen) atoms. The van der Waals surface area contributed by atoms with Crippen LogP contribution in [-0.2, 0) is 6.54 Å². The van der Waals surface area contributed by atoms with Crippen molar-refractivity contribution in [3.63, 3.8) is 0 Å². The Labute approximate surface area is 187 Å². The molecule has 4 rings (SSSR count). The van der Waals surface area contributed by atoms with E-state index in [0.717, 1.165) is 64.2 Å². The van der Waals surface area contributed by atoms with E-state index in [9.17, 15) is 4.79 Å². The second kappa shape index (κ2) is 10.3. The first-order valence-electron chi connectivity index (χ1n) is 11.7. The monoisotopic (exact) mass is 420 g/mol. The van der Waals surface area contributed by atoms with Gasteiger partial charge in [-0.3, -0.25) is 14.6 Å². The molecule has 0 saturated carbocycles. The Bertz CT molecular complexity index is 828. The molecule has 2 aromatic carbocycles. The third-order valence-electron chi connectivity index (χ3n) is 6.63. The molecule has 2 fully saturated rings. The Morgan fingerprint density at radius 3 is 2.35 bits per heavy atom. The summed E-state index contributed by atoms with van der Waals surface area (Å²) in [5.74, 6) is 0.0442. The number of nitrogens with one attached hydrogen (secondary N) is 1. The van der Waals surface area contributed by atoms with Gasteiger partial charge in [-0.2, -0.15) is 0 Å². The molecule has 2 heterocycles. The van der Waals surface area contributed by atoms with Gasteiger partial charge in [-0.1, -0.05) is 30.3 Å².